The Morgan fingerprint density at radius 1 is 1.00 bits per heavy atom. The van der Waals surface area contributed by atoms with Crippen molar-refractivity contribution >= 4 is 29.6 Å². The minimum atomic E-state index is -1.73. The molecule has 1 aromatic heterocycles. The molecule has 0 aliphatic heterocycles. The average Bonchev–Trinajstić information content (AvgIpc) is 3.15. The molecule has 210 valence electrons. The lowest BCUT2D eigenvalue weighted by Crippen LogP contribution is -2.59. The number of aliphatic carboxylic acids is 2. The van der Waals surface area contributed by atoms with Crippen LogP contribution in [0.3, 0.4) is 0 Å². The number of carbonyl (C=O) groups is 4. The molecule has 40 heavy (non-hydrogen) atoms. The maximum Gasteiger partial charge on any atom is 0.328 e. The fraction of sp³-hybridized carbons (Fsp3) is 0.222. The van der Waals surface area contributed by atoms with Crippen LogP contribution in [0.4, 0.5) is 0 Å². The lowest BCUT2D eigenvalue weighted by Gasteiger charge is -2.33. The molecule has 0 radical (unpaired) electrons. The summed E-state index contributed by atoms with van der Waals surface area (Å²) in [6, 6.07) is 12.4. The maximum atomic E-state index is 13.7. The smallest absolute Gasteiger partial charge is 0.328 e. The van der Waals surface area contributed by atoms with E-state index in [9.17, 15) is 39.6 Å². The second-order valence-corrected chi connectivity index (χ2v) is 9.03. The van der Waals surface area contributed by atoms with E-state index in [-0.39, 0.29) is 24.2 Å². The number of nitrogen functional groups attached to an aromatic ring is 1. The van der Waals surface area contributed by atoms with Crippen LogP contribution in [0.2, 0.25) is 0 Å². The molecule has 1 heterocycles. The number of nitrogens with zero attached hydrogens (tertiary/aromatic N) is 2. The number of nitrogens with two attached hydrogens (primary N) is 1. The molecule has 0 saturated carbocycles. The molecule has 3 rings (SSSR count). The molecule has 2 aromatic carbocycles. The third kappa shape index (κ3) is 6.95. The van der Waals surface area contributed by atoms with Gasteiger partial charge in [0.05, 0.1) is 6.42 Å². The van der Waals surface area contributed by atoms with Gasteiger partial charge in [-0.25, -0.2) is 9.80 Å². The van der Waals surface area contributed by atoms with E-state index in [1.54, 1.807) is 54.6 Å². The number of nitrogens with one attached hydrogen (secondary N) is 2. The van der Waals surface area contributed by atoms with E-state index < -0.39 is 54.0 Å². The first-order valence-electron chi connectivity index (χ1n) is 12.0. The molecule has 0 fully saturated rings. The predicted octanol–water partition coefficient (Wildman–Crippen LogP) is 0.914. The van der Waals surface area contributed by atoms with Gasteiger partial charge in [0.1, 0.15) is 11.9 Å². The lowest BCUT2D eigenvalue weighted by molar-refractivity contribution is -0.142. The number of carboxylic acid groups (broad SMARTS) is 2. The SMILES string of the molecule is CC(=O)N[C@@H](CC(=O)O)C(=O)N([C@@H](Cc1ccccc1)C(=O)O)n1c(O)cc(Cc2ccc(C(=N)N)cc2)c1O. The van der Waals surface area contributed by atoms with E-state index >= 15 is 0 Å². The topological polar surface area (TPSA) is 219 Å². The van der Waals surface area contributed by atoms with Gasteiger partial charge in [0.25, 0.3) is 5.91 Å². The third-order valence-electron chi connectivity index (χ3n) is 6.02. The molecule has 8 N–H and O–H groups in total. The summed E-state index contributed by atoms with van der Waals surface area (Å²) in [4.78, 5) is 49.5. The summed E-state index contributed by atoms with van der Waals surface area (Å²) in [5.41, 5.74) is 7.20. The zero-order valence-corrected chi connectivity index (χ0v) is 21.4. The summed E-state index contributed by atoms with van der Waals surface area (Å²) in [6.07, 6.45) is -1.13. The fourth-order valence-electron chi connectivity index (χ4n) is 4.18. The Morgan fingerprint density at radius 2 is 1.62 bits per heavy atom. The van der Waals surface area contributed by atoms with Crippen molar-refractivity contribution in [2.45, 2.75) is 38.3 Å². The Balaban J connectivity index is 2.12. The van der Waals surface area contributed by atoms with Crippen LogP contribution < -0.4 is 16.1 Å². The van der Waals surface area contributed by atoms with E-state index in [0.29, 0.717) is 26.4 Å². The highest BCUT2D eigenvalue weighted by Crippen LogP contribution is 2.31. The van der Waals surface area contributed by atoms with Gasteiger partial charge in [0, 0.05) is 37.0 Å². The van der Waals surface area contributed by atoms with Gasteiger partial charge in [-0.3, -0.25) is 19.8 Å². The fourth-order valence-corrected chi connectivity index (χ4v) is 4.18. The zero-order valence-electron chi connectivity index (χ0n) is 21.4. The molecular weight excluding hydrogens is 522 g/mol. The van der Waals surface area contributed by atoms with Crippen molar-refractivity contribution in [3.05, 3.63) is 82.9 Å². The van der Waals surface area contributed by atoms with Crippen LogP contribution >= 0.6 is 0 Å². The number of rotatable bonds is 12. The summed E-state index contributed by atoms with van der Waals surface area (Å²) in [5, 5.41) is 51.7. The van der Waals surface area contributed by atoms with Gasteiger partial charge in [-0.15, -0.1) is 0 Å². The molecule has 0 aliphatic carbocycles. The summed E-state index contributed by atoms with van der Waals surface area (Å²) < 4.78 is 0.597. The van der Waals surface area contributed by atoms with E-state index in [4.69, 9.17) is 11.1 Å². The molecule has 3 aromatic rings. The molecule has 0 aliphatic rings. The maximum absolute atomic E-state index is 13.7. The first-order chi connectivity index (χ1) is 18.9. The number of aromatic nitrogens is 1. The Hall–Kier alpha value is -5.33. The van der Waals surface area contributed by atoms with E-state index in [0.717, 1.165) is 13.0 Å². The Kier molecular flexibility index (Phi) is 9.12. The van der Waals surface area contributed by atoms with E-state index in [1.807, 2.05) is 0 Å². The second-order valence-electron chi connectivity index (χ2n) is 9.03. The van der Waals surface area contributed by atoms with Crippen molar-refractivity contribution in [2.75, 3.05) is 5.01 Å². The predicted molar refractivity (Wildman–Crippen MR) is 143 cm³/mol. The molecule has 0 bridgehead atoms. The average molecular weight is 552 g/mol. The van der Waals surface area contributed by atoms with Crippen LogP contribution in [0.1, 0.15) is 35.6 Å². The second kappa shape index (κ2) is 12.5. The molecule has 0 saturated heterocycles. The molecule has 13 heteroatoms. The monoisotopic (exact) mass is 551 g/mol. The Morgan fingerprint density at radius 3 is 2.15 bits per heavy atom. The minimum absolute atomic E-state index is 0.0350. The number of hydrogen-bond acceptors (Lipinski definition) is 7. The first-order valence-corrected chi connectivity index (χ1v) is 12.0. The normalized spacial score (nSPS) is 12.2. The van der Waals surface area contributed by atoms with Gasteiger partial charge >= 0.3 is 11.9 Å². The van der Waals surface area contributed by atoms with Gasteiger partial charge in [-0.2, -0.15) is 4.68 Å². The van der Waals surface area contributed by atoms with Gasteiger partial charge in [-0.1, -0.05) is 54.6 Å². The van der Waals surface area contributed by atoms with Gasteiger partial charge < -0.3 is 31.5 Å². The third-order valence-corrected chi connectivity index (χ3v) is 6.02. The number of aromatic hydroxyl groups is 2. The molecule has 0 spiro atoms. The highest BCUT2D eigenvalue weighted by molar-refractivity contribution is 6.00. The van der Waals surface area contributed by atoms with Gasteiger partial charge in [0.2, 0.25) is 17.7 Å². The minimum Gasteiger partial charge on any atom is -0.493 e. The van der Waals surface area contributed by atoms with Crippen LogP contribution in [-0.4, -0.2) is 66.8 Å². The van der Waals surface area contributed by atoms with Crippen molar-refractivity contribution in [1.29, 1.82) is 5.41 Å². The number of benzene rings is 2. The molecular formula is C27H29N5O8. The van der Waals surface area contributed by atoms with Crippen molar-refractivity contribution in [3.8, 4) is 11.8 Å². The van der Waals surface area contributed by atoms with Crippen LogP contribution in [-0.2, 0) is 32.0 Å². The van der Waals surface area contributed by atoms with Crippen LogP contribution in [0.25, 0.3) is 0 Å². The Bertz CT molecular complexity index is 1400. The summed E-state index contributed by atoms with van der Waals surface area (Å²) in [7, 11) is 0. The summed E-state index contributed by atoms with van der Waals surface area (Å²) >= 11 is 0. The highest BCUT2D eigenvalue weighted by Gasteiger charge is 2.39. The van der Waals surface area contributed by atoms with Crippen molar-refractivity contribution in [3.63, 3.8) is 0 Å². The van der Waals surface area contributed by atoms with Crippen molar-refractivity contribution < 1.29 is 39.6 Å². The number of amides is 2. The molecule has 13 nitrogen and oxygen atoms in total. The van der Waals surface area contributed by atoms with Crippen LogP contribution in [0.5, 0.6) is 11.8 Å². The number of carbonyl (C=O) groups excluding carboxylic acids is 2. The molecule has 2 amide bonds. The standard InChI is InChI=1S/C27H29N5O8/c1-15(33)30-20(14-23(35)36)26(38)31(21(27(39)40)12-16-5-3-2-4-6-16)32-22(34)13-19(25(32)37)11-17-7-9-18(10-8-17)24(28)29/h2-10,13,20-21,34,37H,11-12,14H2,1H3,(H3,28,29)(H,30,33)(H,35,36)(H,39,40)/t20-,21-/m0/s1. The number of hydrogen-bond donors (Lipinski definition) is 7. The highest BCUT2D eigenvalue weighted by atomic mass is 16.4. The van der Waals surface area contributed by atoms with Crippen molar-refractivity contribution in [1.82, 2.24) is 9.99 Å². The lowest BCUT2D eigenvalue weighted by atomic mass is 10.0. The van der Waals surface area contributed by atoms with Gasteiger partial charge in [0.15, 0.2) is 6.04 Å². The number of amidine groups is 1. The van der Waals surface area contributed by atoms with Crippen LogP contribution in [0.15, 0.2) is 60.7 Å². The largest absolute Gasteiger partial charge is 0.493 e. The summed E-state index contributed by atoms with van der Waals surface area (Å²) in [5.74, 6) is -6.39. The quantitative estimate of drug-likeness (QED) is 0.125. The first kappa shape index (κ1) is 29.2. The van der Waals surface area contributed by atoms with Crippen molar-refractivity contribution in [2.24, 2.45) is 5.73 Å². The molecule has 2 atom stereocenters. The zero-order chi connectivity index (χ0) is 29.6. The summed E-state index contributed by atoms with van der Waals surface area (Å²) in [6.45, 7) is 1.06. The molecule has 0 unspecified atom stereocenters. The Labute approximate surface area is 228 Å². The number of carboxylic acids is 2. The van der Waals surface area contributed by atoms with E-state index in [1.165, 1.54) is 0 Å². The van der Waals surface area contributed by atoms with Crippen LogP contribution in [0, 0.1) is 5.41 Å². The van der Waals surface area contributed by atoms with E-state index in [2.05, 4.69) is 5.32 Å². The van der Waals surface area contributed by atoms with Gasteiger partial charge in [-0.05, 0) is 11.1 Å².